The second-order valence-electron chi connectivity index (χ2n) is 2.67. The summed E-state index contributed by atoms with van der Waals surface area (Å²) in [7, 11) is 1.89. The van der Waals surface area contributed by atoms with Crippen LogP contribution in [0.15, 0.2) is 0 Å². The van der Waals surface area contributed by atoms with Gasteiger partial charge in [-0.25, -0.2) is 10.9 Å². The van der Waals surface area contributed by atoms with Gasteiger partial charge < -0.3 is 11.1 Å². The molecule has 0 radical (unpaired) electrons. The molecule has 6 N–H and O–H groups in total. The van der Waals surface area contributed by atoms with Crippen LogP contribution in [0.5, 0.6) is 0 Å². The van der Waals surface area contributed by atoms with Crippen molar-refractivity contribution in [1.82, 2.24) is 20.5 Å². The Kier molecular flexibility index (Phi) is 3.47. The summed E-state index contributed by atoms with van der Waals surface area (Å²) in [5.41, 5.74) is 5.35. The fraction of sp³-hybridized carbons (Fsp3) is 0.667. The van der Waals surface area contributed by atoms with Crippen molar-refractivity contribution in [1.29, 1.82) is 0 Å². The minimum atomic E-state index is 0.277. The summed E-state index contributed by atoms with van der Waals surface area (Å²) in [6, 6.07) is 0. The lowest BCUT2D eigenvalue weighted by molar-refractivity contribution is 0.686. The second-order valence-corrected chi connectivity index (χ2v) is 2.67. The Morgan fingerprint density at radius 2 is 2.38 bits per heavy atom. The number of hydrogen-bond acceptors (Lipinski definition) is 6. The Morgan fingerprint density at radius 3 is 2.92 bits per heavy atom. The molecular formula is C6H15N7. The third-order valence-electron chi connectivity index (χ3n) is 1.57. The first-order valence-electron chi connectivity index (χ1n) is 4.08. The van der Waals surface area contributed by atoms with Gasteiger partial charge in [0.1, 0.15) is 0 Å². The third-order valence-corrected chi connectivity index (χ3v) is 1.57. The maximum Gasteiger partial charge on any atom is 0.260 e. The fourth-order valence-corrected chi connectivity index (χ4v) is 0.920. The van der Waals surface area contributed by atoms with Crippen molar-refractivity contribution < 1.29 is 0 Å². The van der Waals surface area contributed by atoms with Gasteiger partial charge in [-0.1, -0.05) is 0 Å². The Labute approximate surface area is 76.5 Å². The molecule has 0 saturated carbocycles. The van der Waals surface area contributed by atoms with Crippen LogP contribution in [-0.2, 0) is 0 Å². The number of hydrogen-bond donors (Lipinski definition) is 4. The zero-order valence-electron chi connectivity index (χ0n) is 7.62. The van der Waals surface area contributed by atoms with Gasteiger partial charge in [0.25, 0.3) is 5.95 Å². The predicted octanol–water partition coefficient (Wildman–Crippen LogP) is -1.32. The minimum absolute atomic E-state index is 0.277. The van der Waals surface area contributed by atoms with E-state index < -0.39 is 0 Å². The van der Waals surface area contributed by atoms with Gasteiger partial charge in [0.2, 0.25) is 5.95 Å². The normalized spacial score (nSPS) is 10.3. The van der Waals surface area contributed by atoms with Crippen LogP contribution in [0.4, 0.5) is 11.9 Å². The number of nitrogens with zero attached hydrogens (tertiary/aromatic N) is 3. The van der Waals surface area contributed by atoms with Crippen molar-refractivity contribution in [3.8, 4) is 0 Å². The number of H-pyrrole nitrogens is 1. The first-order chi connectivity index (χ1) is 6.24. The number of rotatable bonds is 5. The molecule has 0 aromatic carbocycles. The molecule has 0 spiro atoms. The molecule has 1 aromatic heterocycles. The van der Waals surface area contributed by atoms with Crippen LogP contribution < -0.4 is 21.9 Å². The molecule has 0 aliphatic heterocycles. The lowest BCUT2D eigenvalue weighted by atomic mass is 10.4. The average Bonchev–Trinajstić information content (AvgIpc) is 2.52. The van der Waals surface area contributed by atoms with E-state index in [2.05, 4.69) is 20.5 Å². The van der Waals surface area contributed by atoms with Gasteiger partial charge in [0.05, 0.1) is 0 Å². The van der Waals surface area contributed by atoms with Crippen molar-refractivity contribution in [2.75, 3.05) is 30.9 Å². The van der Waals surface area contributed by atoms with E-state index in [4.69, 9.17) is 11.6 Å². The molecule has 0 aliphatic carbocycles. The molecule has 1 rings (SSSR count). The van der Waals surface area contributed by atoms with Crippen LogP contribution >= 0.6 is 0 Å². The number of aromatic amines is 1. The smallest absolute Gasteiger partial charge is 0.260 e. The Balaban J connectivity index is 2.35. The molecule has 1 aromatic rings. The summed E-state index contributed by atoms with van der Waals surface area (Å²) in [6.45, 7) is 1.60. The highest BCUT2D eigenvalue weighted by Gasteiger charge is 2.05. The van der Waals surface area contributed by atoms with E-state index >= 15 is 0 Å². The molecule has 7 nitrogen and oxygen atoms in total. The number of aromatic nitrogens is 3. The van der Waals surface area contributed by atoms with Gasteiger partial charge in [-0.15, -0.1) is 5.10 Å². The standard InChI is InChI=1S/C6H15N7/c1-9-3-2-4-13(8)6-10-5(7)11-12-6/h9H,2-4,8H2,1H3,(H3,7,10,11,12). The summed E-state index contributed by atoms with van der Waals surface area (Å²) < 4.78 is 0. The molecule has 74 valence electrons. The molecule has 0 amide bonds. The Morgan fingerprint density at radius 1 is 1.62 bits per heavy atom. The minimum Gasteiger partial charge on any atom is -0.368 e. The predicted molar refractivity (Wildman–Crippen MR) is 50.9 cm³/mol. The van der Waals surface area contributed by atoms with Crippen molar-refractivity contribution in [3.05, 3.63) is 0 Å². The van der Waals surface area contributed by atoms with E-state index in [-0.39, 0.29) is 5.95 Å². The van der Waals surface area contributed by atoms with Crippen LogP contribution in [0, 0.1) is 0 Å². The summed E-state index contributed by atoms with van der Waals surface area (Å²) in [6.07, 6.45) is 0.932. The van der Waals surface area contributed by atoms with Crippen LogP contribution in [0.3, 0.4) is 0 Å². The lowest BCUT2D eigenvalue weighted by Crippen LogP contribution is -2.34. The summed E-state index contributed by atoms with van der Waals surface area (Å²) in [5, 5.41) is 10.8. The molecule has 0 saturated heterocycles. The van der Waals surface area contributed by atoms with Crippen LogP contribution in [-0.4, -0.2) is 35.3 Å². The Bertz CT molecular complexity index is 245. The summed E-state index contributed by atoms with van der Waals surface area (Å²) >= 11 is 0. The average molecular weight is 185 g/mol. The number of nitrogens with one attached hydrogen (secondary N) is 2. The molecule has 0 unspecified atom stereocenters. The van der Waals surface area contributed by atoms with Crippen molar-refractivity contribution >= 4 is 11.9 Å². The number of hydrazine groups is 1. The molecule has 13 heavy (non-hydrogen) atoms. The topological polar surface area (TPSA) is 109 Å². The monoisotopic (exact) mass is 185 g/mol. The zero-order valence-corrected chi connectivity index (χ0v) is 7.62. The van der Waals surface area contributed by atoms with Crippen LogP contribution in [0.1, 0.15) is 6.42 Å². The molecule has 1 heterocycles. The van der Waals surface area contributed by atoms with Crippen LogP contribution in [0.25, 0.3) is 0 Å². The summed E-state index contributed by atoms with van der Waals surface area (Å²) in [4.78, 5) is 3.88. The van der Waals surface area contributed by atoms with Gasteiger partial charge >= 0.3 is 0 Å². The maximum absolute atomic E-state index is 5.65. The first-order valence-corrected chi connectivity index (χ1v) is 4.08. The quantitative estimate of drug-likeness (QED) is 0.257. The van der Waals surface area contributed by atoms with E-state index in [9.17, 15) is 0 Å². The lowest BCUT2D eigenvalue weighted by Gasteiger charge is -2.12. The van der Waals surface area contributed by atoms with Crippen molar-refractivity contribution in [2.45, 2.75) is 6.42 Å². The van der Waals surface area contributed by atoms with E-state index in [0.29, 0.717) is 12.5 Å². The van der Waals surface area contributed by atoms with Crippen molar-refractivity contribution in [3.63, 3.8) is 0 Å². The van der Waals surface area contributed by atoms with E-state index in [1.165, 1.54) is 5.01 Å². The Hall–Kier alpha value is -1.34. The highest BCUT2D eigenvalue weighted by molar-refractivity contribution is 5.31. The number of nitrogen functional groups attached to an aromatic ring is 1. The molecule has 0 fully saturated rings. The maximum atomic E-state index is 5.65. The SMILES string of the molecule is CNCCCN(N)c1n[nH]c(N)n1. The van der Waals surface area contributed by atoms with E-state index in [1.54, 1.807) is 0 Å². The van der Waals surface area contributed by atoms with Crippen LogP contribution in [0.2, 0.25) is 0 Å². The highest BCUT2D eigenvalue weighted by atomic mass is 15.5. The molecule has 0 atom stereocenters. The highest BCUT2D eigenvalue weighted by Crippen LogP contribution is 2.02. The van der Waals surface area contributed by atoms with E-state index in [0.717, 1.165) is 13.0 Å². The number of anilines is 2. The van der Waals surface area contributed by atoms with Gasteiger partial charge in [0.15, 0.2) is 0 Å². The van der Waals surface area contributed by atoms with Gasteiger partial charge in [0, 0.05) is 6.54 Å². The second kappa shape index (κ2) is 4.63. The largest absolute Gasteiger partial charge is 0.368 e. The fourth-order valence-electron chi connectivity index (χ4n) is 0.920. The van der Waals surface area contributed by atoms with Crippen molar-refractivity contribution in [2.24, 2.45) is 5.84 Å². The molecule has 0 bridgehead atoms. The first kappa shape index (κ1) is 9.75. The van der Waals surface area contributed by atoms with Gasteiger partial charge in [-0.05, 0) is 20.0 Å². The van der Waals surface area contributed by atoms with E-state index in [1.807, 2.05) is 7.05 Å². The zero-order chi connectivity index (χ0) is 9.68. The van der Waals surface area contributed by atoms with Gasteiger partial charge in [-0.3, -0.25) is 5.01 Å². The van der Waals surface area contributed by atoms with Gasteiger partial charge in [-0.2, -0.15) is 4.98 Å². The molecule has 7 heteroatoms. The molecule has 0 aliphatic rings. The molecular weight excluding hydrogens is 170 g/mol. The third kappa shape index (κ3) is 2.88. The summed E-state index contributed by atoms with van der Waals surface area (Å²) in [5.74, 6) is 6.36. The number of nitrogens with two attached hydrogens (primary N) is 2.